The predicted octanol–water partition coefficient (Wildman–Crippen LogP) is 3.52. The maximum Gasteiger partial charge on any atom is 0.251 e. The van der Waals surface area contributed by atoms with E-state index in [2.05, 4.69) is 38.4 Å². The van der Waals surface area contributed by atoms with Gasteiger partial charge in [-0.2, -0.15) is 0 Å². The summed E-state index contributed by atoms with van der Waals surface area (Å²) in [6.45, 7) is 6.40. The quantitative estimate of drug-likeness (QED) is 0.353. The molecule has 0 atom stereocenters. The fourth-order valence-corrected chi connectivity index (χ4v) is 3.68. The number of piperazine rings is 1. The van der Waals surface area contributed by atoms with Crippen molar-refractivity contribution >= 4 is 53.1 Å². The summed E-state index contributed by atoms with van der Waals surface area (Å²) in [5, 5.41) is 6.83. The van der Waals surface area contributed by atoms with E-state index in [1.165, 1.54) is 11.3 Å². The largest absolute Gasteiger partial charge is 0.368 e. The number of hydrogen-bond acceptors (Lipinski definition) is 3. The molecule has 1 aliphatic rings. The van der Waals surface area contributed by atoms with Crippen LogP contribution in [0, 0.1) is 6.92 Å². The fraction of sp³-hybridized carbons (Fsp3) is 0.364. The van der Waals surface area contributed by atoms with E-state index in [1.807, 2.05) is 43.4 Å². The number of carbonyl (C=O) groups excluding carboxylic acids is 1. The normalized spacial score (nSPS) is 14.2. The average Bonchev–Trinajstić information content (AvgIpc) is 2.76. The molecule has 6 nitrogen and oxygen atoms in total. The van der Waals surface area contributed by atoms with Crippen molar-refractivity contribution in [3.8, 4) is 0 Å². The maximum absolute atomic E-state index is 11.6. The minimum absolute atomic E-state index is 0. The number of rotatable bonds is 4. The summed E-state index contributed by atoms with van der Waals surface area (Å²) in [4.78, 5) is 20.7. The zero-order valence-corrected chi connectivity index (χ0v) is 20.7. The molecule has 8 heteroatoms. The topological polar surface area (TPSA) is 60.0 Å². The molecule has 1 amide bonds. The molecule has 0 unspecified atom stereocenters. The zero-order chi connectivity index (χ0) is 20.8. The molecular weight excluding hydrogens is 513 g/mol. The Hall–Kier alpha value is -2.00. The number of hydrogen-bond donors (Lipinski definition) is 2. The summed E-state index contributed by atoms with van der Waals surface area (Å²) in [5.41, 5.74) is 4.21. The number of anilines is 1. The van der Waals surface area contributed by atoms with Crippen LogP contribution in [0.15, 0.2) is 47.5 Å². The van der Waals surface area contributed by atoms with Crippen LogP contribution in [0.2, 0.25) is 5.02 Å². The lowest BCUT2D eigenvalue weighted by Crippen LogP contribution is -2.52. The maximum atomic E-state index is 11.6. The second-order valence-electron chi connectivity index (χ2n) is 7.08. The van der Waals surface area contributed by atoms with E-state index < -0.39 is 0 Å². The van der Waals surface area contributed by atoms with Crippen LogP contribution in [0.4, 0.5) is 5.69 Å². The van der Waals surface area contributed by atoms with Crippen LogP contribution >= 0.6 is 35.6 Å². The van der Waals surface area contributed by atoms with Gasteiger partial charge >= 0.3 is 0 Å². The minimum Gasteiger partial charge on any atom is -0.368 e. The van der Waals surface area contributed by atoms with Gasteiger partial charge in [0.2, 0.25) is 0 Å². The molecule has 0 aromatic heterocycles. The van der Waals surface area contributed by atoms with E-state index in [1.54, 1.807) is 7.05 Å². The zero-order valence-electron chi connectivity index (χ0n) is 17.6. The molecule has 0 bridgehead atoms. The van der Waals surface area contributed by atoms with Gasteiger partial charge in [0.1, 0.15) is 0 Å². The Bertz CT molecular complexity index is 880. The number of halogens is 2. The highest BCUT2D eigenvalue weighted by molar-refractivity contribution is 14.0. The first-order valence-corrected chi connectivity index (χ1v) is 10.2. The predicted molar refractivity (Wildman–Crippen MR) is 135 cm³/mol. The SMILES string of the molecule is CN=C(NCc1ccc(C(=O)NC)cc1)N1CCN(c2cc(Cl)ccc2C)CC1.I. The molecule has 0 spiro atoms. The highest BCUT2D eigenvalue weighted by Crippen LogP contribution is 2.25. The van der Waals surface area contributed by atoms with Crippen LogP contribution in [0.5, 0.6) is 0 Å². The molecule has 2 N–H and O–H groups in total. The van der Waals surface area contributed by atoms with E-state index in [4.69, 9.17) is 11.6 Å². The van der Waals surface area contributed by atoms with Crippen molar-refractivity contribution in [2.45, 2.75) is 13.5 Å². The number of amides is 1. The van der Waals surface area contributed by atoms with Crippen LogP contribution in [-0.2, 0) is 6.54 Å². The molecule has 1 saturated heterocycles. The van der Waals surface area contributed by atoms with E-state index in [0.717, 1.165) is 42.7 Å². The molecule has 2 aromatic carbocycles. The van der Waals surface area contributed by atoms with Gasteiger partial charge in [0.25, 0.3) is 5.91 Å². The van der Waals surface area contributed by atoms with Gasteiger partial charge in [0.15, 0.2) is 5.96 Å². The smallest absolute Gasteiger partial charge is 0.251 e. The number of guanidine groups is 1. The summed E-state index contributed by atoms with van der Waals surface area (Å²) in [6, 6.07) is 13.6. The first-order valence-electron chi connectivity index (χ1n) is 9.79. The van der Waals surface area contributed by atoms with Crippen molar-refractivity contribution in [2.24, 2.45) is 4.99 Å². The van der Waals surface area contributed by atoms with Gasteiger partial charge in [-0.25, -0.2) is 0 Å². The Morgan fingerprint density at radius 3 is 2.37 bits per heavy atom. The second-order valence-corrected chi connectivity index (χ2v) is 7.52. The number of benzene rings is 2. The lowest BCUT2D eigenvalue weighted by Gasteiger charge is -2.38. The summed E-state index contributed by atoms with van der Waals surface area (Å²) < 4.78 is 0. The lowest BCUT2D eigenvalue weighted by molar-refractivity contribution is 0.0963. The number of aryl methyl sites for hydroxylation is 1. The minimum atomic E-state index is -0.0758. The van der Waals surface area contributed by atoms with Crippen LogP contribution in [0.25, 0.3) is 0 Å². The standard InChI is InChI=1S/C22H28ClN5O.HI/c1-16-4-9-19(23)14-20(16)27-10-12-28(13-11-27)22(25-3)26-15-17-5-7-18(8-6-17)21(29)24-2;/h4-9,14H,10-13,15H2,1-3H3,(H,24,29)(H,25,26);1H. The van der Waals surface area contributed by atoms with E-state index in [9.17, 15) is 4.79 Å². The highest BCUT2D eigenvalue weighted by atomic mass is 127. The van der Waals surface area contributed by atoms with Crippen LogP contribution < -0.4 is 15.5 Å². The fourth-order valence-electron chi connectivity index (χ4n) is 3.51. The number of carbonyl (C=O) groups is 1. The first-order chi connectivity index (χ1) is 14.0. The van der Waals surface area contributed by atoms with Gasteiger partial charge in [0, 0.05) is 63.1 Å². The third kappa shape index (κ3) is 6.01. The van der Waals surface area contributed by atoms with Crippen molar-refractivity contribution in [3.05, 3.63) is 64.2 Å². The Morgan fingerprint density at radius 2 is 1.77 bits per heavy atom. The Morgan fingerprint density at radius 1 is 1.10 bits per heavy atom. The summed E-state index contributed by atoms with van der Waals surface area (Å²) >= 11 is 6.18. The van der Waals surface area contributed by atoms with Gasteiger partial charge in [-0.3, -0.25) is 9.79 Å². The third-order valence-corrected chi connectivity index (χ3v) is 5.43. The lowest BCUT2D eigenvalue weighted by atomic mass is 10.1. The molecule has 0 aliphatic carbocycles. The summed E-state index contributed by atoms with van der Waals surface area (Å²) in [7, 11) is 3.44. The van der Waals surface area contributed by atoms with Gasteiger partial charge < -0.3 is 20.4 Å². The highest BCUT2D eigenvalue weighted by Gasteiger charge is 2.21. The Balaban J connectivity index is 0.00000320. The van der Waals surface area contributed by atoms with Gasteiger partial charge in [-0.1, -0.05) is 29.8 Å². The molecule has 1 heterocycles. The van der Waals surface area contributed by atoms with Gasteiger partial charge in [-0.05, 0) is 42.3 Å². The average molecular weight is 542 g/mol. The van der Waals surface area contributed by atoms with Crippen molar-refractivity contribution in [3.63, 3.8) is 0 Å². The Kier molecular flexibility index (Phi) is 9.23. The molecule has 30 heavy (non-hydrogen) atoms. The molecule has 0 radical (unpaired) electrons. The van der Waals surface area contributed by atoms with Crippen molar-refractivity contribution < 1.29 is 4.79 Å². The second kappa shape index (κ2) is 11.4. The van der Waals surface area contributed by atoms with E-state index in [0.29, 0.717) is 12.1 Å². The number of aliphatic imine (C=N–C) groups is 1. The molecular formula is C22H29ClIN5O. The van der Waals surface area contributed by atoms with Gasteiger partial charge in [0.05, 0.1) is 0 Å². The van der Waals surface area contributed by atoms with E-state index >= 15 is 0 Å². The molecule has 2 aromatic rings. The van der Waals surface area contributed by atoms with E-state index in [-0.39, 0.29) is 29.9 Å². The molecule has 1 aliphatic heterocycles. The Labute approximate surface area is 200 Å². The first kappa shape index (κ1) is 24.3. The molecule has 3 rings (SSSR count). The van der Waals surface area contributed by atoms with Crippen LogP contribution in [0.1, 0.15) is 21.5 Å². The monoisotopic (exact) mass is 541 g/mol. The third-order valence-electron chi connectivity index (χ3n) is 5.20. The molecule has 162 valence electrons. The molecule has 0 saturated carbocycles. The van der Waals surface area contributed by atoms with Gasteiger partial charge in [-0.15, -0.1) is 24.0 Å². The van der Waals surface area contributed by atoms with Crippen molar-refractivity contribution in [1.82, 2.24) is 15.5 Å². The summed E-state index contributed by atoms with van der Waals surface area (Å²) in [6.07, 6.45) is 0. The summed E-state index contributed by atoms with van der Waals surface area (Å²) in [5.74, 6) is 0.816. The van der Waals surface area contributed by atoms with Crippen LogP contribution in [-0.4, -0.2) is 57.0 Å². The number of nitrogens with zero attached hydrogens (tertiary/aromatic N) is 3. The van der Waals surface area contributed by atoms with Crippen molar-refractivity contribution in [1.29, 1.82) is 0 Å². The molecule has 1 fully saturated rings. The van der Waals surface area contributed by atoms with Crippen LogP contribution in [0.3, 0.4) is 0 Å². The number of nitrogens with one attached hydrogen (secondary N) is 2. The van der Waals surface area contributed by atoms with Crippen molar-refractivity contribution in [2.75, 3.05) is 45.2 Å².